The molecule has 5 heterocycles. The van der Waals surface area contributed by atoms with Gasteiger partial charge in [0.15, 0.2) is 11.5 Å². The number of ether oxygens (including phenoxy) is 2. The van der Waals surface area contributed by atoms with Crippen molar-refractivity contribution in [1.29, 1.82) is 0 Å². The molecule has 5 amide bonds. The Morgan fingerprint density at radius 2 is 1.85 bits per heavy atom. The molecule has 0 radical (unpaired) electrons. The zero-order valence-corrected chi connectivity index (χ0v) is 32.0. The smallest absolute Gasteiger partial charge is 0.269 e. The number of imide groups is 2. The predicted octanol–water partition coefficient (Wildman–Crippen LogP) is 2.35. The average molecular weight is 801 g/mol. The van der Waals surface area contributed by atoms with E-state index in [0.717, 1.165) is 34.9 Å². The van der Waals surface area contributed by atoms with E-state index in [0.29, 0.717) is 23.7 Å². The van der Waals surface area contributed by atoms with Gasteiger partial charge in [-0.2, -0.15) is 5.10 Å². The number of primary amides is 1. The number of piperidine rings is 1. The number of hydrogen-bond donors (Lipinski definition) is 3. The number of aromatic nitrogens is 4. The Morgan fingerprint density at radius 1 is 1.02 bits per heavy atom. The highest BCUT2D eigenvalue weighted by atomic mass is 16.5. The zero-order chi connectivity index (χ0) is 41.3. The van der Waals surface area contributed by atoms with Gasteiger partial charge < -0.3 is 24.9 Å². The number of nitrogens with zero attached hydrogens (tertiary/aromatic N) is 5. The summed E-state index contributed by atoms with van der Waals surface area (Å²) in [5.74, 6) is 8.70. The maximum absolute atomic E-state index is 13.2. The van der Waals surface area contributed by atoms with Crippen molar-refractivity contribution in [3.05, 3.63) is 82.8 Å². The van der Waals surface area contributed by atoms with Gasteiger partial charge in [-0.15, -0.1) is 0 Å². The summed E-state index contributed by atoms with van der Waals surface area (Å²) in [6, 6.07) is 7.51. The fraction of sp³-hybridized carbons (Fsp3) is 0.357. The molecule has 7 rings (SSSR count). The predicted molar refractivity (Wildman–Crippen MR) is 208 cm³/mol. The van der Waals surface area contributed by atoms with Crippen LogP contribution in [0.25, 0.3) is 11.5 Å². The third-order valence-electron chi connectivity index (χ3n) is 9.84. The van der Waals surface area contributed by atoms with Gasteiger partial charge >= 0.3 is 0 Å². The van der Waals surface area contributed by atoms with Crippen LogP contribution >= 0.6 is 0 Å². The molecule has 0 spiro atoms. The van der Waals surface area contributed by atoms with Crippen LogP contribution in [0.5, 0.6) is 0 Å². The van der Waals surface area contributed by atoms with Gasteiger partial charge in [0.25, 0.3) is 17.7 Å². The van der Waals surface area contributed by atoms with E-state index in [4.69, 9.17) is 19.6 Å². The largest absolute Gasteiger partial charge is 0.444 e. The maximum atomic E-state index is 13.2. The van der Waals surface area contributed by atoms with E-state index in [1.165, 1.54) is 29.9 Å². The number of pyridine rings is 1. The molecule has 3 aromatic heterocycles. The van der Waals surface area contributed by atoms with E-state index in [-0.39, 0.29) is 80.5 Å². The van der Waals surface area contributed by atoms with E-state index in [9.17, 15) is 28.8 Å². The number of carbonyl (C=O) groups is 6. The van der Waals surface area contributed by atoms with Crippen molar-refractivity contribution in [2.75, 3.05) is 38.3 Å². The van der Waals surface area contributed by atoms with Crippen molar-refractivity contribution < 1.29 is 42.7 Å². The van der Waals surface area contributed by atoms with E-state index in [1.807, 2.05) is 6.07 Å². The topological polar surface area (TPSA) is 231 Å². The monoisotopic (exact) mass is 800 g/mol. The number of nitrogens with one attached hydrogen (secondary N) is 2. The summed E-state index contributed by atoms with van der Waals surface area (Å²) in [4.78, 5) is 85.0. The highest BCUT2D eigenvalue weighted by Gasteiger charge is 2.45. The second-order valence-corrected chi connectivity index (χ2v) is 14.1. The van der Waals surface area contributed by atoms with E-state index in [1.54, 1.807) is 30.6 Å². The van der Waals surface area contributed by atoms with Gasteiger partial charge in [0, 0.05) is 54.3 Å². The van der Waals surface area contributed by atoms with Crippen molar-refractivity contribution in [3.8, 4) is 35.1 Å². The van der Waals surface area contributed by atoms with Crippen LogP contribution in [0.3, 0.4) is 0 Å². The molecule has 1 saturated carbocycles. The van der Waals surface area contributed by atoms with E-state index in [2.05, 4.69) is 49.4 Å². The van der Waals surface area contributed by atoms with Crippen molar-refractivity contribution in [2.45, 2.75) is 57.5 Å². The van der Waals surface area contributed by atoms with Crippen LogP contribution in [0.2, 0.25) is 0 Å². The van der Waals surface area contributed by atoms with Crippen LogP contribution in [-0.4, -0.2) is 99.0 Å². The normalized spacial score (nSPS) is 15.9. The van der Waals surface area contributed by atoms with E-state index >= 15 is 0 Å². The number of anilines is 1. The number of amides is 5. The van der Waals surface area contributed by atoms with Crippen molar-refractivity contribution in [2.24, 2.45) is 11.7 Å². The Bertz CT molecular complexity index is 2430. The fourth-order valence-corrected chi connectivity index (χ4v) is 6.69. The average Bonchev–Trinajstić information content (AvgIpc) is 3.64. The molecule has 17 heteroatoms. The molecule has 1 unspecified atom stereocenters. The van der Waals surface area contributed by atoms with Crippen molar-refractivity contribution in [3.63, 3.8) is 0 Å². The highest BCUT2D eigenvalue weighted by Crippen LogP contribution is 2.34. The lowest BCUT2D eigenvalue weighted by atomic mass is 10.0. The molecule has 3 aliphatic rings. The Morgan fingerprint density at radius 3 is 2.66 bits per heavy atom. The Balaban J connectivity index is 0.804. The number of fused-ring (bicyclic) bond motifs is 1. The van der Waals surface area contributed by atoms with Crippen LogP contribution in [0.1, 0.15) is 85.1 Å². The molecule has 2 fully saturated rings. The lowest BCUT2D eigenvalue weighted by Crippen LogP contribution is -2.54. The molecule has 1 aromatic carbocycles. The molecule has 1 atom stereocenters. The van der Waals surface area contributed by atoms with Gasteiger partial charge in [-0.05, 0) is 61.3 Å². The lowest BCUT2D eigenvalue weighted by molar-refractivity contribution is -0.136. The Kier molecular flexibility index (Phi) is 12.6. The Labute approximate surface area is 338 Å². The molecule has 4 aromatic rings. The van der Waals surface area contributed by atoms with Gasteiger partial charge in [-0.3, -0.25) is 48.6 Å². The molecule has 17 nitrogen and oxygen atoms in total. The highest BCUT2D eigenvalue weighted by molar-refractivity contribution is 6.25. The minimum Gasteiger partial charge on any atom is -0.444 e. The molecule has 59 heavy (non-hydrogen) atoms. The molecule has 2 aliphatic heterocycles. The van der Waals surface area contributed by atoms with Gasteiger partial charge in [-0.1, -0.05) is 30.7 Å². The third-order valence-corrected chi connectivity index (χ3v) is 9.84. The van der Waals surface area contributed by atoms with Crippen LogP contribution in [0.4, 0.5) is 5.69 Å². The lowest BCUT2D eigenvalue weighted by Gasteiger charge is -2.27. The first-order valence-electron chi connectivity index (χ1n) is 19.2. The first-order chi connectivity index (χ1) is 28.7. The standard InChI is InChI=1S/C42H40N8O9/c43-38(53)37-28(23-34(51)32-25-59-40(46-32)27-14-15-44-29(22-27)11-10-26-8-9-26)24-49(48-37)17-3-1-2-4-18-57-20-21-58-19-16-45-31-7-5-6-30-36(31)42(56)50(41(30)55)33-12-13-35(52)47-39(33)54/h5-7,14-15,22,24-26,33,45H,8-13,16-21,23H2,(H2,43,53)(H,47,52,54). The quantitative estimate of drug-likeness (QED) is 0.0569. The SMILES string of the molecule is NC(=O)c1nn(CC#CC#CCOCCOCCNc2cccc3c2C(=O)N(C2CCC(=O)NC2=O)C3=O)cc1CC(=O)c1coc(-c2ccnc(CCC3CC3)c2)n1. The summed E-state index contributed by atoms with van der Waals surface area (Å²) in [6.45, 7) is 1.36. The zero-order valence-electron chi connectivity index (χ0n) is 32.0. The number of hydrogen-bond acceptors (Lipinski definition) is 13. The second-order valence-electron chi connectivity index (χ2n) is 14.1. The molecule has 1 saturated heterocycles. The first-order valence-corrected chi connectivity index (χ1v) is 19.2. The van der Waals surface area contributed by atoms with Gasteiger partial charge in [0.1, 0.15) is 31.2 Å². The van der Waals surface area contributed by atoms with Gasteiger partial charge in [0.2, 0.25) is 17.7 Å². The molecule has 4 N–H and O–H groups in total. The summed E-state index contributed by atoms with van der Waals surface area (Å²) in [5.41, 5.74) is 8.45. The molecule has 1 aliphatic carbocycles. The molecular weight excluding hydrogens is 761 g/mol. The number of ketones is 1. The maximum Gasteiger partial charge on any atom is 0.269 e. The summed E-state index contributed by atoms with van der Waals surface area (Å²) >= 11 is 0. The Hall–Kier alpha value is -6.95. The van der Waals surface area contributed by atoms with Crippen molar-refractivity contribution >= 4 is 41.0 Å². The van der Waals surface area contributed by atoms with Gasteiger partial charge in [-0.25, -0.2) is 4.98 Å². The third kappa shape index (κ3) is 9.96. The summed E-state index contributed by atoms with van der Waals surface area (Å²) in [6.07, 6.45) is 9.04. The van der Waals surface area contributed by atoms with Crippen LogP contribution in [-0.2, 0) is 38.4 Å². The van der Waals surface area contributed by atoms with Crippen molar-refractivity contribution in [1.82, 2.24) is 30.0 Å². The minimum atomic E-state index is -1.04. The number of oxazole rings is 1. The summed E-state index contributed by atoms with van der Waals surface area (Å²) in [7, 11) is 0. The number of benzene rings is 1. The minimum absolute atomic E-state index is 0.0377. The number of rotatable bonds is 18. The fourth-order valence-electron chi connectivity index (χ4n) is 6.69. The van der Waals surface area contributed by atoms with Crippen LogP contribution in [0.15, 0.2) is 53.4 Å². The van der Waals surface area contributed by atoms with Gasteiger partial charge in [0.05, 0.1) is 30.9 Å². The van der Waals surface area contributed by atoms with Crippen LogP contribution in [0, 0.1) is 29.6 Å². The molecule has 302 valence electrons. The molecular formula is C42H40N8O9. The number of carbonyl (C=O) groups excluding carboxylic acids is 6. The number of Topliss-reactive ketones (excluding diaryl/α,β-unsaturated/α-hetero) is 1. The van der Waals surface area contributed by atoms with Crippen LogP contribution < -0.4 is 16.4 Å². The first kappa shape index (κ1) is 40.3. The second kappa shape index (κ2) is 18.5. The number of aryl methyl sites for hydroxylation is 1. The summed E-state index contributed by atoms with van der Waals surface area (Å²) < 4.78 is 18.1. The number of nitrogens with two attached hydrogens (primary N) is 1. The van der Waals surface area contributed by atoms with E-state index < -0.39 is 35.6 Å². The molecule has 0 bridgehead atoms. The summed E-state index contributed by atoms with van der Waals surface area (Å²) in [5, 5.41) is 9.49.